The van der Waals surface area contributed by atoms with E-state index in [-0.39, 0.29) is 16.8 Å². The highest BCUT2D eigenvalue weighted by atomic mass is 35.5. The van der Waals surface area contributed by atoms with Crippen LogP contribution in [0.1, 0.15) is 6.92 Å². The zero-order valence-electron chi connectivity index (χ0n) is 9.94. The quantitative estimate of drug-likeness (QED) is 0.902. The Bertz CT molecular complexity index is 669. The largest absolute Gasteiger partial charge is 0.435 e. The predicted octanol–water partition coefficient (Wildman–Crippen LogP) is 2.17. The number of ether oxygens (including phenoxy) is 1. The third-order valence-corrected chi connectivity index (χ3v) is 2.50. The van der Waals surface area contributed by atoms with E-state index in [0.717, 1.165) is 0 Å². The number of nitrogens with zero attached hydrogens (tertiary/aromatic N) is 1. The lowest BCUT2D eigenvalue weighted by molar-refractivity contribution is -0.114. The van der Waals surface area contributed by atoms with E-state index in [0.29, 0.717) is 11.4 Å². The molecule has 2 rings (SSSR count). The van der Waals surface area contributed by atoms with Gasteiger partial charge in [0.05, 0.1) is 12.0 Å². The first-order valence-corrected chi connectivity index (χ1v) is 5.73. The van der Waals surface area contributed by atoms with Crippen LogP contribution in [0.2, 0.25) is 5.02 Å². The maximum absolute atomic E-state index is 11.3. The van der Waals surface area contributed by atoms with Crippen LogP contribution in [0, 0.1) is 0 Å². The highest BCUT2D eigenvalue weighted by molar-refractivity contribution is 6.31. The molecule has 1 aromatic heterocycles. The number of carbonyl (C=O) groups is 1. The van der Waals surface area contributed by atoms with Gasteiger partial charge in [-0.3, -0.25) is 9.59 Å². The minimum atomic E-state index is -0.497. The van der Waals surface area contributed by atoms with E-state index < -0.39 is 5.56 Å². The Labute approximate surface area is 113 Å². The van der Waals surface area contributed by atoms with Crippen molar-refractivity contribution in [3.8, 4) is 11.6 Å². The molecule has 0 aliphatic heterocycles. The van der Waals surface area contributed by atoms with E-state index in [1.54, 1.807) is 24.3 Å². The summed E-state index contributed by atoms with van der Waals surface area (Å²) >= 11 is 5.78. The summed E-state index contributed by atoms with van der Waals surface area (Å²) in [5, 5.41) is 2.45. The molecule has 2 N–H and O–H groups in total. The molecule has 0 spiro atoms. The van der Waals surface area contributed by atoms with Gasteiger partial charge < -0.3 is 15.0 Å². The van der Waals surface area contributed by atoms with Crippen LogP contribution in [-0.2, 0) is 4.79 Å². The van der Waals surface area contributed by atoms with Crippen molar-refractivity contribution in [1.82, 2.24) is 9.97 Å². The van der Waals surface area contributed by atoms with E-state index in [1.807, 2.05) is 0 Å². The van der Waals surface area contributed by atoms with Gasteiger partial charge in [0.2, 0.25) is 11.8 Å². The molecule has 0 radical (unpaired) electrons. The number of amides is 1. The number of aromatic amines is 1. The Morgan fingerprint density at radius 2 is 2.16 bits per heavy atom. The van der Waals surface area contributed by atoms with Gasteiger partial charge >= 0.3 is 0 Å². The average molecular weight is 280 g/mol. The van der Waals surface area contributed by atoms with Gasteiger partial charge in [0.1, 0.15) is 0 Å². The monoisotopic (exact) mass is 279 g/mol. The molecule has 0 saturated heterocycles. The maximum atomic E-state index is 11.3. The molecule has 0 unspecified atom stereocenters. The van der Waals surface area contributed by atoms with Gasteiger partial charge in [-0.1, -0.05) is 23.7 Å². The van der Waals surface area contributed by atoms with Crippen LogP contribution >= 0.6 is 11.6 Å². The number of hydrogen-bond donors (Lipinski definition) is 2. The van der Waals surface area contributed by atoms with Gasteiger partial charge in [0.25, 0.3) is 5.56 Å². The molecule has 1 amide bonds. The summed E-state index contributed by atoms with van der Waals surface area (Å²) in [5.74, 6) is 0.0851. The van der Waals surface area contributed by atoms with E-state index in [1.165, 1.54) is 13.3 Å². The molecule has 7 heteroatoms. The van der Waals surface area contributed by atoms with E-state index >= 15 is 0 Å². The highest BCUT2D eigenvalue weighted by Crippen LogP contribution is 2.30. The van der Waals surface area contributed by atoms with Crippen molar-refractivity contribution in [1.29, 1.82) is 0 Å². The van der Waals surface area contributed by atoms with Crippen LogP contribution in [0.5, 0.6) is 11.6 Å². The second-order valence-corrected chi connectivity index (χ2v) is 4.01. The number of rotatable bonds is 3. The van der Waals surface area contributed by atoms with Crippen LogP contribution in [0.15, 0.2) is 35.4 Å². The summed E-state index contributed by atoms with van der Waals surface area (Å²) in [6, 6.07) is 6.76. The second-order valence-electron chi connectivity index (χ2n) is 3.63. The van der Waals surface area contributed by atoms with Crippen LogP contribution in [0.25, 0.3) is 0 Å². The number of hydrogen-bond acceptors (Lipinski definition) is 4. The van der Waals surface area contributed by atoms with E-state index in [9.17, 15) is 9.59 Å². The first kappa shape index (κ1) is 13.1. The Balaban J connectivity index is 2.35. The van der Waals surface area contributed by atoms with Gasteiger partial charge in [-0.25, -0.2) is 4.98 Å². The van der Waals surface area contributed by atoms with Crippen molar-refractivity contribution in [2.24, 2.45) is 0 Å². The molecule has 0 saturated carbocycles. The molecular weight excluding hydrogens is 270 g/mol. The third-order valence-electron chi connectivity index (χ3n) is 2.17. The lowest BCUT2D eigenvalue weighted by Crippen LogP contribution is -2.09. The van der Waals surface area contributed by atoms with Gasteiger partial charge in [0.15, 0.2) is 10.8 Å². The minimum Gasteiger partial charge on any atom is -0.435 e. The van der Waals surface area contributed by atoms with Crippen molar-refractivity contribution in [2.75, 3.05) is 5.32 Å². The number of nitrogens with one attached hydrogen (secondary N) is 2. The van der Waals surface area contributed by atoms with Crippen molar-refractivity contribution >= 4 is 23.2 Å². The molecule has 0 atom stereocenters. The van der Waals surface area contributed by atoms with Crippen LogP contribution in [0.3, 0.4) is 0 Å². The van der Waals surface area contributed by atoms with Crippen molar-refractivity contribution in [2.45, 2.75) is 6.92 Å². The fourth-order valence-corrected chi connectivity index (χ4v) is 1.53. The van der Waals surface area contributed by atoms with Crippen molar-refractivity contribution in [3.05, 3.63) is 46.0 Å². The molecule has 6 nitrogen and oxygen atoms in total. The fourth-order valence-electron chi connectivity index (χ4n) is 1.39. The molecule has 2 aromatic rings. The van der Waals surface area contributed by atoms with Crippen LogP contribution in [-0.4, -0.2) is 15.9 Å². The average Bonchev–Trinajstić information content (AvgIpc) is 2.36. The number of para-hydroxylation sites is 2. The van der Waals surface area contributed by atoms with E-state index in [4.69, 9.17) is 16.3 Å². The second kappa shape index (κ2) is 5.53. The number of anilines is 1. The normalized spacial score (nSPS) is 10.0. The molecule has 0 fully saturated rings. The summed E-state index contributed by atoms with van der Waals surface area (Å²) in [7, 11) is 0. The van der Waals surface area contributed by atoms with Crippen LogP contribution < -0.4 is 15.6 Å². The molecule has 0 aliphatic rings. The van der Waals surface area contributed by atoms with Gasteiger partial charge in [-0.15, -0.1) is 0 Å². The third kappa shape index (κ3) is 3.11. The lowest BCUT2D eigenvalue weighted by Gasteiger charge is -2.10. The SMILES string of the molecule is CC(=O)Nc1ccccc1Oc1nc[nH]c(=O)c1Cl. The lowest BCUT2D eigenvalue weighted by atomic mass is 10.3. The number of halogens is 1. The first-order chi connectivity index (χ1) is 9.08. The molecular formula is C12H10ClN3O3. The minimum absolute atomic E-state index is 0.0248. The standard InChI is InChI=1S/C12H10ClN3O3/c1-7(17)16-8-4-2-3-5-9(8)19-12-10(13)11(18)14-6-15-12/h2-6H,1H3,(H,16,17)(H,14,15,18). The summed E-state index contributed by atoms with van der Waals surface area (Å²) in [4.78, 5) is 28.5. The number of aromatic nitrogens is 2. The van der Waals surface area contributed by atoms with Gasteiger partial charge in [-0.05, 0) is 12.1 Å². The smallest absolute Gasteiger partial charge is 0.273 e. The van der Waals surface area contributed by atoms with Gasteiger partial charge in [-0.2, -0.15) is 0 Å². The van der Waals surface area contributed by atoms with Gasteiger partial charge in [0, 0.05) is 6.92 Å². The number of benzene rings is 1. The number of carbonyl (C=O) groups excluding carboxylic acids is 1. The molecule has 19 heavy (non-hydrogen) atoms. The van der Waals surface area contributed by atoms with E-state index in [2.05, 4.69) is 15.3 Å². The van der Waals surface area contributed by atoms with Crippen molar-refractivity contribution in [3.63, 3.8) is 0 Å². The van der Waals surface area contributed by atoms with Crippen LogP contribution in [0.4, 0.5) is 5.69 Å². The molecule has 0 aliphatic carbocycles. The molecule has 98 valence electrons. The summed E-state index contributed by atoms with van der Waals surface area (Å²) in [6.07, 6.45) is 1.19. The Morgan fingerprint density at radius 3 is 2.89 bits per heavy atom. The Morgan fingerprint density at radius 1 is 1.42 bits per heavy atom. The summed E-state index contributed by atoms with van der Waals surface area (Å²) in [5.41, 5.74) is -0.0307. The number of H-pyrrole nitrogens is 1. The predicted molar refractivity (Wildman–Crippen MR) is 70.7 cm³/mol. The highest BCUT2D eigenvalue weighted by Gasteiger charge is 2.11. The maximum Gasteiger partial charge on any atom is 0.273 e. The zero-order valence-corrected chi connectivity index (χ0v) is 10.7. The molecule has 1 aromatic carbocycles. The topological polar surface area (TPSA) is 84.1 Å². The van der Waals surface area contributed by atoms with Crippen molar-refractivity contribution < 1.29 is 9.53 Å². The molecule has 0 bridgehead atoms. The molecule has 1 heterocycles. The fraction of sp³-hybridized carbons (Fsp3) is 0.0833. The zero-order chi connectivity index (χ0) is 13.8. The summed E-state index contributed by atoms with van der Waals surface area (Å²) < 4.78 is 5.44. The Kier molecular flexibility index (Phi) is 3.82. The summed E-state index contributed by atoms with van der Waals surface area (Å²) in [6.45, 7) is 1.38. The Hall–Kier alpha value is -2.34. The first-order valence-electron chi connectivity index (χ1n) is 5.35.